The maximum absolute atomic E-state index is 13.3. The van der Waals surface area contributed by atoms with Gasteiger partial charge < -0.3 is 14.7 Å². The van der Waals surface area contributed by atoms with Crippen molar-refractivity contribution in [1.29, 1.82) is 0 Å². The number of hydrogen-bond donors (Lipinski definition) is 1. The molecule has 33 heavy (non-hydrogen) atoms. The number of rotatable bonds is 9. The predicted octanol–water partition coefficient (Wildman–Crippen LogP) is 4.08. The fraction of sp³-hybridized carbons (Fsp3) is 0.667. The van der Waals surface area contributed by atoms with E-state index in [-0.39, 0.29) is 12.1 Å². The third-order valence-corrected chi connectivity index (χ3v) is 7.24. The fourth-order valence-corrected chi connectivity index (χ4v) is 4.99. The molecular formula is C27H39NO5. The number of carbonyl (C=O) groups is 3. The number of nitrogens with zero attached hydrogens (tertiary/aromatic N) is 1. The number of esters is 1. The van der Waals surface area contributed by atoms with E-state index in [9.17, 15) is 19.5 Å². The number of aryl methyl sites for hydroxylation is 1. The average molecular weight is 458 g/mol. The second-order valence-electron chi connectivity index (χ2n) is 10.3. The van der Waals surface area contributed by atoms with Crippen molar-refractivity contribution in [3.8, 4) is 0 Å². The molecule has 0 aromatic heterocycles. The van der Waals surface area contributed by atoms with Gasteiger partial charge in [0.15, 0.2) is 0 Å². The van der Waals surface area contributed by atoms with Gasteiger partial charge in [-0.05, 0) is 56.4 Å². The number of hydrogen-bond acceptors (Lipinski definition) is 5. The van der Waals surface area contributed by atoms with Crippen LogP contribution in [0.1, 0.15) is 77.2 Å². The van der Waals surface area contributed by atoms with Gasteiger partial charge >= 0.3 is 5.97 Å². The number of ketones is 1. The second kappa shape index (κ2) is 11.8. The van der Waals surface area contributed by atoms with Crippen molar-refractivity contribution in [3.05, 3.63) is 35.9 Å². The Kier molecular flexibility index (Phi) is 9.07. The van der Waals surface area contributed by atoms with E-state index in [1.807, 2.05) is 18.2 Å². The fourth-order valence-electron chi connectivity index (χ4n) is 4.99. The van der Waals surface area contributed by atoms with Crippen LogP contribution in [0, 0.1) is 11.3 Å². The Morgan fingerprint density at radius 3 is 2.36 bits per heavy atom. The number of aliphatic hydroxyl groups is 1. The highest BCUT2D eigenvalue weighted by Crippen LogP contribution is 2.31. The monoisotopic (exact) mass is 457 g/mol. The van der Waals surface area contributed by atoms with Gasteiger partial charge in [0.05, 0.1) is 12.0 Å². The number of Topliss-reactive ketones (excluding diaryl/α,β-unsaturated/α-hetero) is 1. The Morgan fingerprint density at radius 1 is 1.03 bits per heavy atom. The van der Waals surface area contributed by atoms with Gasteiger partial charge in [-0.25, -0.2) is 4.79 Å². The first-order valence-corrected chi connectivity index (χ1v) is 12.5. The number of benzene rings is 1. The molecule has 3 rings (SSSR count). The van der Waals surface area contributed by atoms with E-state index in [1.54, 1.807) is 13.8 Å². The lowest BCUT2D eigenvalue weighted by atomic mass is 9.83. The summed E-state index contributed by atoms with van der Waals surface area (Å²) in [5.74, 6) is -1.39. The molecule has 0 bridgehead atoms. The van der Waals surface area contributed by atoms with Gasteiger partial charge in [-0.15, -0.1) is 0 Å². The molecular weight excluding hydrogens is 418 g/mol. The Morgan fingerprint density at radius 2 is 1.70 bits per heavy atom. The molecule has 2 fully saturated rings. The average Bonchev–Trinajstić information content (AvgIpc) is 2.86. The van der Waals surface area contributed by atoms with Crippen LogP contribution in [0.3, 0.4) is 0 Å². The lowest BCUT2D eigenvalue weighted by Crippen LogP contribution is -2.54. The molecule has 2 aliphatic rings. The molecule has 6 nitrogen and oxygen atoms in total. The van der Waals surface area contributed by atoms with Crippen molar-refractivity contribution >= 4 is 17.7 Å². The molecule has 182 valence electrons. The zero-order chi connectivity index (χ0) is 23.8. The Labute approximate surface area is 197 Å². The van der Waals surface area contributed by atoms with Gasteiger partial charge in [0.2, 0.25) is 5.78 Å². The minimum atomic E-state index is -1.16. The molecule has 1 aromatic carbocycles. The van der Waals surface area contributed by atoms with E-state index < -0.39 is 29.8 Å². The minimum Gasteiger partial charge on any atom is -0.461 e. The highest BCUT2D eigenvalue weighted by atomic mass is 16.5. The first-order valence-electron chi connectivity index (χ1n) is 12.5. The van der Waals surface area contributed by atoms with Crippen LogP contribution >= 0.6 is 0 Å². The maximum Gasteiger partial charge on any atom is 0.329 e. The minimum absolute atomic E-state index is 0.179. The number of ether oxygens (including phenoxy) is 1. The van der Waals surface area contributed by atoms with E-state index >= 15 is 0 Å². The standard InChI is InChI=1S/C27H39NO5/c1-27(2,19-29)24(30)25(31)28-18-10-9-15-22(28)26(32)33-23(21-13-7-4-8-14-21)17-16-20-11-5-3-6-12-20/h3,5-6,11-12,21-23,29H,4,7-10,13-19H2,1-2H3/t22?,23-/m1/s1. The van der Waals surface area contributed by atoms with Crippen molar-refractivity contribution in [3.63, 3.8) is 0 Å². The predicted molar refractivity (Wildman–Crippen MR) is 126 cm³/mol. The van der Waals surface area contributed by atoms with Crippen molar-refractivity contribution < 1.29 is 24.2 Å². The number of aliphatic hydroxyl groups excluding tert-OH is 1. The summed E-state index contributed by atoms with van der Waals surface area (Å²) >= 11 is 0. The van der Waals surface area contributed by atoms with Gasteiger partial charge in [0, 0.05) is 6.54 Å². The number of likely N-dealkylation sites (tertiary alicyclic amines) is 1. The normalized spacial score (nSPS) is 20.8. The maximum atomic E-state index is 13.3. The van der Waals surface area contributed by atoms with Gasteiger partial charge in [-0.2, -0.15) is 0 Å². The quantitative estimate of drug-likeness (QED) is 0.446. The molecule has 1 N–H and O–H groups in total. The molecule has 0 spiro atoms. The number of amides is 1. The van der Waals surface area contributed by atoms with Crippen LogP contribution in [0.4, 0.5) is 0 Å². The summed E-state index contributed by atoms with van der Waals surface area (Å²) in [6.07, 6.45) is 9.15. The molecule has 6 heteroatoms. The highest BCUT2D eigenvalue weighted by molar-refractivity contribution is 6.38. The molecule has 1 heterocycles. The van der Waals surface area contributed by atoms with E-state index in [0.29, 0.717) is 18.9 Å². The van der Waals surface area contributed by atoms with Gasteiger partial charge in [0.25, 0.3) is 5.91 Å². The summed E-state index contributed by atoms with van der Waals surface area (Å²) in [7, 11) is 0. The summed E-state index contributed by atoms with van der Waals surface area (Å²) in [4.78, 5) is 40.4. The molecule has 1 aliphatic carbocycles. The summed E-state index contributed by atoms with van der Waals surface area (Å²) in [6, 6.07) is 9.50. The van der Waals surface area contributed by atoms with Crippen molar-refractivity contribution in [2.45, 2.75) is 90.2 Å². The van der Waals surface area contributed by atoms with Crippen LogP contribution in [0.2, 0.25) is 0 Å². The van der Waals surface area contributed by atoms with Gasteiger partial charge in [0.1, 0.15) is 12.1 Å². The van der Waals surface area contributed by atoms with Crippen molar-refractivity contribution in [2.75, 3.05) is 13.2 Å². The van der Waals surface area contributed by atoms with Crippen LogP contribution in [-0.2, 0) is 25.5 Å². The molecule has 1 aromatic rings. The smallest absolute Gasteiger partial charge is 0.329 e. The lowest BCUT2D eigenvalue weighted by molar-refractivity contribution is -0.167. The zero-order valence-corrected chi connectivity index (χ0v) is 20.1. The van der Waals surface area contributed by atoms with E-state index in [4.69, 9.17) is 4.74 Å². The summed E-state index contributed by atoms with van der Waals surface area (Å²) < 4.78 is 6.13. The third kappa shape index (κ3) is 6.66. The highest BCUT2D eigenvalue weighted by Gasteiger charge is 2.42. The van der Waals surface area contributed by atoms with Crippen LogP contribution in [0.5, 0.6) is 0 Å². The Balaban J connectivity index is 1.71. The Bertz CT molecular complexity index is 800. The van der Waals surface area contributed by atoms with Crippen molar-refractivity contribution in [2.24, 2.45) is 11.3 Å². The molecule has 1 saturated carbocycles. The molecule has 2 atom stereocenters. The first-order chi connectivity index (χ1) is 15.8. The van der Waals surface area contributed by atoms with E-state index in [2.05, 4.69) is 12.1 Å². The van der Waals surface area contributed by atoms with Crippen LogP contribution in [0.15, 0.2) is 30.3 Å². The Hall–Kier alpha value is -2.21. The van der Waals surface area contributed by atoms with Crippen LogP contribution < -0.4 is 0 Å². The molecule has 1 unspecified atom stereocenters. The summed E-state index contributed by atoms with van der Waals surface area (Å²) in [5.41, 5.74) is 0.0594. The largest absolute Gasteiger partial charge is 0.461 e. The molecule has 1 saturated heterocycles. The van der Waals surface area contributed by atoms with Crippen LogP contribution in [-0.4, -0.2) is 53.0 Å². The first kappa shape index (κ1) is 25.4. The molecule has 0 radical (unpaired) electrons. The SMILES string of the molecule is CC(C)(CO)C(=O)C(=O)N1CCCCC1C(=O)O[C@H](CCc1ccccc1)C1CCCCC1. The molecule has 1 aliphatic heterocycles. The number of piperidine rings is 1. The summed E-state index contributed by atoms with van der Waals surface area (Å²) in [5, 5.41) is 9.52. The van der Waals surface area contributed by atoms with Gasteiger partial charge in [-0.3, -0.25) is 9.59 Å². The lowest BCUT2D eigenvalue weighted by Gasteiger charge is -2.37. The van der Waals surface area contributed by atoms with Crippen molar-refractivity contribution in [1.82, 2.24) is 4.90 Å². The third-order valence-electron chi connectivity index (χ3n) is 7.24. The van der Waals surface area contributed by atoms with Crippen LogP contribution in [0.25, 0.3) is 0 Å². The van der Waals surface area contributed by atoms with E-state index in [1.165, 1.54) is 16.9 Å². The topological polar surface area (TPSA) is 83.9 Å². The van der Waals surface area contributed by atoms with Gasteiger partial charge in [-0.1, -0.05) is 63.4 Å². The zero-order valence-electron chi connectivity index (χ0n) is 20.1. The van der Waals surface area contributed by atoms with E-state index in [0.717, 1.165) is 51.4 Å². The second-order valence-corrected chi connectivity index (χ2v) is 10.3. The summed E-state index contributed by atoms with van der Waals surface area (Å²) in [6.45, 7) is 3.05. The molecule has 1 amide bonds. The number of carbonyl (C=O) groups excluding carboxylic acids is 3.